The van der Waals surface area contributed by atoms with Gasteiger partial charge < -0.3 is 4.90 Å². The molecule has 0 aliphatic carbocycles. The standard InChI is InChI=1S/C13H16Cl2N2O3/c1-8(2)4-5-16(3)13(18)9-6-10(14)12(15)11(7-9)17(19)20/h6-8H,4-5H2,1-3H3. The van der Waals surface area contributed by atoms with Crippen LogP contribution in [0.3, 0.4) is 0 Å². The third-order valence-corrected chi connectivity index (χ3v) is 3.63. The maximum atomic E-state index is 12.2. The molecule has 1 aromatic carbocycles. The lowest BCUT2D eigenvalue weighted by Crippen LogP contribution is -2.28. The molecule has 110 valence electrons. The molecule has 0 unspecified atom stereocenters. The number of carbonyl (C=O) groups excluding carboxylic acids is 1. The molecule has 5 nitrogen and oxygen atoms in total. The number of amides is 1. The molecule has 0 N–H and O–H groups in total. The van der Waals surface area contributed by atoms with Gasteiger partial charge in [0.1, 0.15) is 5.02 Å². The summed E-state index contributed by atoms with van der Waals surface area (Å²) >= 11 is 11.6. The number of nitro benzene ring substituents is 1. The molecule has 7 heteroatoms. The molecule has 0 aromatic heterocycles. The predicted molar refractivity (Wildman–Crippen MR) is 79.5 cm³/mol. The van der Waals surface area contributed by atoms with Crippen molar-refractivity contribution in [3.8, 4) is 0 Å². The van der Waals surface area contributed by atoms with Gasteiger partial charge in [0.2, 0.25) is 0 Å². The van der Waals surface area contributed by atoms with Gasteiger partial charge in [0.15, 0.2) is 0 Å². The van der Waals surface area contributed by atoms with E-state index < -0.39 is 4.92 Å². The molecule has 0 radical (unpaired) electrons. The maximum absolute atomic E-state index is 12.2. The van der Waals surface area contributed by atoms with Gasteiger partial charge in [-0.05, 0) is 18.4 Å². The summed E-state index contributed by atoms with van der Waals surface area (Å²) in [5.41, 5.74) is -0.197. The second-order valence-corrected chi connectivity index (χ2v) is 5.74. The summed E-state index contributed by atoms with van der Waals surface area (Å²) in [6.07, 6.45) is 0.853. The van der Waals surface area contributed by atoms with Crippen LogP contribution in [0.5, 0.6) is 0 Å². The van der Waals surface area contributed by atoms with Gasteiger partial charge in [-0.2, -0.15) is 0 Å². The summed E-state index contributed by atoms with van der Waals surface area (Å²) in [5, 5.41) is 10.7. The van der Waals surface area contributed by atoms with Crippen LogP contribution < -0.4 is 0 Å². The number of rotatable bonds is 5. The third kappa shape index (κ3) is 4.08. The second-order valence-electron chi connectivity index (χ2n) is 4.96. The Bertz CT molecular complexity index is 533. The molecule has 0 aliphatic rings. The van der Waals surface area contributed by atoms with E-state index in [0.717, 1.165) is 12.5 Å². The Balaban J connectivity index is 3.02. The van der Waals surface area contributed by atoms with E-state index in [-0.39, 0.29) is 27.2 Å². The molecule has 0 spiro atoms. The molecule has 1 amide bonds. The summed E-state index contributed by atoms with van der Waals surface area (Å²) in [6.45, 7) is 4.69. The van der Waals surface area contributed by atoms with E-state index in [1.807, 2.05) is 0 Å². The smallest absolute Gasteiger partial charge is 0.290 e. The lowest BCUT2D eigenvalue weighted by Gasteiger charge is -2.18. The first kappa shape index (κ1) is 16.7. The maximum Gasteiger partial charge on any atom is 0.290 e. The topological polar surface area (TPSA) is 63.5 Å². The lowest BCUT2D eigenvalue weighted by molar-refractivity contribution is -0.384. The molecule has 1 rings (SSSR count). The fraction of sp³-hybridized carbons (Fsp3) is 0.462. The fourth-order valence-electron chi connectivity index (χ4n) is 1.60. The minimum atomic E-state index is -0.654. The van der Waals surface area contributed by atoms with Gasteiger partial charge in [0.05, 0.1) is 9.95 Å². The normalized spacial score (nSPS) is 10.7. The average molecular weight is 319 g/mol. The van der Waals surface area contributed by atoms with Gasteiger partial charge >= 0.3 is 0 Å². The summed E-state index contributed by atoms with van der Waals surface area (Å²) in [4.78, 5) is 23.9. The van der Waals surface area contributed by atoms with Crippen LogP contribution in [0.4, 0.5) is 5.69 Å². The first-order chi connectivity index (χ1) is 9.23. The third-order valence-electron chi connectivity index (χ3n) is 2.84. The van der Waals surface area contributed by atoms with Gasteiger partial charge in [-0.15, -0.1) is 0 Å². The van der Waals surface area contributed by atoms with Gasteiger partial charge in [0.25, 0.3) is 11.6 Å². The van der Waals surface area contributed by atoms with Gasteiger partial charge in [-0.25, -0.2) is 0 Å². The molecule has 0 atom stereocenters. The van der Waals surface area contributed by atoms with Crippen molar-refractivity contribution in [2.75, 3.05) is 13.6 Å². The summed E-state index contributed by atoms with van der Waals surface area (Å²) in [6, 6.07) is 2.51. The van der Waals surface area contributed by atoms with Crippen molar-refractivity contribution in [1.82, 2.24) is 4.90 Å². The quantitative estimate of drug-likeness (QED) is 0.608. The molecule has 0 fully saturated rings. The molecule has 1 aromatic rings. The van der Waals surface area contributed by atoms with Gasteiger partial charge in [-0.1, -0.05) is 37.0 Å². The average Bonchev–Trinajstić information content (AvgIpc) is 2.37. The van der Waals surface area contributed by atoms with Crippen LogP contribution in [-0.2, 0) is 0 Å². The Labute approximate surface area is 127 Å². The molecule has 0 heterocycles. The number of nitro groups is 1. The van der Waals surface area contributed by atoms with Crippen molar-refractivity contribution in [3.63, 3.8) is 0 Å². The van der Waals surface area contributed by atoms with Crippen LogP contribution in [0.15, 0.2) is 12.1 Å². The summed E-state index contributed by atoms with van der Waals surface area (Å²) < 4.78 is 0. The van der Waals surface area contributed by atoms with E-state index in [4.69, 9.17) is 23.2 Å². The summed E-state index contributed by atoms with van der Waals surface area (Å²) in [7, 11) is 1.65. The number of carbonyl (C=O) groups is 1. The number of hydrogen-bond acceptors (Lipinski definition) is 3. The minimum absolute atomic E-state index is 0.00137. The van der Waals surface area contributed by atoms with Crippen molar-refractivity contribution >= 4 is 34.8 Å². The Morgan fingerprint density at radius 2 is 2.00 bits per heavy atom. The van der Waals surface area contributed by atoms with Crippen LogP contribution >= 0.6 is 23.2 Å². The number of halogens is 2. The first-order valence-electron chi connectivity index (χ1n) is 6.13. The van der Waals surface area contributed by atoms with Crippen LogP contribution in [0.2, 0.25) is 10.0 Å². The molecule has 0 bridgehead atoms. The van der Waals surface area contributed by atoms with E-state index in [1.54, 1.807) is 7.05 Å². The largest absolute Gasteiger partial charge is 0.342 e. The highest BCUT2D eigenvalue weighted by atomic mass is 35.5. The molecule has 20 heavy (non-hydrogen) atoms. The van der Waals surface area contributed by atoms with Crippen molar-refractivity contribution < 1.29 is 9.72 Å². The van der Waals surface area contributed by atoms with E-state index >= 15 is 0 Å². The van der Waals surface area contributed by atoms with E-state index in [1.165, 1.54) is 11.0 Å². The van der Waals surface area contributed by atoms with E-state index in [9.17, 15) is 14.9 Å². The SMILES string of the molecule is CC(C)CCN(C)C(=O)c1cc(Cl)c(Cl)c([N+](=O)[O-])c1. The highest BCUT2D eigenvalue weighted by Crippen LogP contribution is 2.33. The Hall–Kier alpha value is -1.33. The highest BCUT2D eigenvalue weighted by Gasteiger charge is 2.21. The monoisotopic (exact) mass is 318 g/mol. The van der Waals surface area contributed by atoms with Crippen LogP contribution in [0, 0.1) is 16.0 Å². The van der Waals surface area contributed by atoms with Crippen LogP contribution in [-0.4, -0.2) is 29.3 Å². The summed E-state index contributed by atoms with van der Waals surface area (Å²) in [5.74, 6) is 0.153. The van der Waals surface area contributed by atoms with Crippen molar-refractivity contribution in [1.29, 1.82) is 0 Å². The molecule has 0 aliphatic heterocycles. The van der Waals surface area contributed by atoms with Crippen LogP contribution in [0.25, 0.3) is 0 Å². The Morgan fingerprint density at radius 3 is 2.50 bits per heavy atom. The van der Waals surface area contributed by atoms with Gasteiger partial charge in [-0.3, -0.25) is 14.9 Å². The second kappa shape index (κ2) is 6.90. The predicted octanol–water partition coefficient (Wildman–Crippen LogP) is 4.02. The zero-order chi connectivity index (χ0) is 15.4. The van der Waals surface area contributed by atoms with Crippen molar-refractivity contribution in [2.24, 2.45) is 5.92 Å². The zero-order valence-electron chi connectivity index (χ0n) is 11.5. The van der Waals surface area contributed by atoms with Crippen LogP contribution in [0.1, 0.15) is 30.6 Å². The molecular formula is C13H16Cl2N2O3. The molecule has 0 saturated heterocycles. The zero-order valence-corrected chi connectivity index (χ0v) is 13.0. The van der Waals surface area contributed by atoms with Gasteiger partial charge in [0, 0.05) is 25.2 Å². The number of benzene rings is 1. The van der Waals surface area contributed by atoms with Crippen molar-refractivity contribution in [3.05, 3.63) is 37.9 Å². The van der Waals surface area contributed by atoms with E-state index in [0.29, 0.717) is 12.5 Å². The fourth-order valence-corrected chi connectivity index (χ4v) is 2.00. The van der Waals surface area contributed by atoms with Crippen molar-refractivity contribution in [2.45, 2.75) is 20.3 Å². The highest BCUT2D eigenvalue weighted by molar-refractivity contribution is 6.43. The Morgan fingerprint density at radius 1 is 1.40 bits per heavy atom. The molecular weight excluding hydrogens is 303 g/mol. The molecule has 0 saturated carbocycles. The first-order valence-corrected chi connectivity index (χ1v) is 6.88. The number of nitrogens with zero attached hydrogens (tertiary/aromatic N) is 2. The number of hydrogen-bond donors (Lipinski definition) is 0. The minimum Gasteiger partial charge on any atom is -0.342 e. The Kier molecular flexibility index (Phi) is 5.77. The van der Waals surface area contributed by atoms with E-state index in [2.05, 4.69) is 13.8 Å². The lowest BCUT2D eigenvalue weighted by atomic mass is 10.1.